The number of benzene rings is 2. The zero-order valence-electron chi connectivity index (χ0n) is 22.1. The van der Waals surface area contributed by atoms with Crippen molar-refractivity contribution in [2.45, 2.75) is 74.8 Å². The van der Waals surface area contributed by atoms with E-state index in [4.69, 9.17) is 4.74 Å². The number of imidazole rings is 1. The van der Waals surface area contributed by atoms with Crippen LogP contribution in [0.15, 0.2) is 53.4 Å². The van der Waals surface area contributed by atoms with Crippen molar-refractivity contribution in [3.05, 3.63) is 48.5 Å². The van der Waals surface area contributed by atoms with Gasteiger partial charge in [0.1, 0.15) is 5.82 Å². The lowest BCUT2D eigenvalue weighted by Crippen LogP contribution is -2.47. The maximum Gasteiger partial charge on any atom is 0.240 e. The highest BCUT2D eigenvalue weighted by Gasteiger charge is 2.34. The SMILES string of the molecule is COCCN(C(=O)[C@H]1CC[C@H](NS(=O)(=O)c2ccc3[nH]c(-c4ccccc4)nc3c2)CC1)C1CCCCC1. The number of H-pyrrole nitrogens is 1. The molecular formula is C29H38N4O4S. The van der Waals surface area contributed by atoms with Crippen LogP contribution in [0.1, 0.15) is 57.8 Å². The number of fused-ring (bicyclic) bond motifs is 1. The molecule has 204 valence electrons. The van der Waals surface area contributed by atoms with Gasteiger partial charge in [0.05, 0.1) is 22.5 Å². The van der Waals surface area contributed by atoms with Crippen LogP contribution >= 0.6 is 0 Å². The number of methoxy groups -OCH3 is 1. The van der Waals surface area contributed by atoms with Crippen LogP contribution in [0.3, 0.4) is 0 Å². The van der Waals surface area contributed by atoms with E-state index in [2.05, 4.69) is 19.6 Å². The summed E-state index contributed by atoms with van der Waals surface area (Å²) >= 11 is 0. The quantitative estimate of drug-likeness (QED) is 0.404. The molecule has 0 atom stereocenters. The second-order valence-electron chi connectivity index (χ2n) is 10.6. The Balaban J connectivity index is 1.21. The Bertz CT molecular complexity index is 1330. The van der Waals surface area contributed by atoms with Crippen molar-refractivity contribution in [2.24, 2.45) is 5.92 Å². The van der Waals surface area contributed by atoms with E-state index < -0.39 is 10.0 Å². The second kappa shape index (κ2) is 12.0. The monoisotopic (exact) mass is 538 g/mol. The number of carbonyl (C=O) groups is 1. The van der Waals surface area contributed by atoms with E-state index in [0.29, 0.717) is 56.2 Å². The minimum absolute atomic E-state index is 0.0497. The van der Waals surface area contributed by atoms with Gasteiger partial charge in [-0.3, -0.25) is 4.79 Å². The highest BCUT2D eigenvalue weighted by molar-refractivity contribution is 7.89. The number of sulfonamides is 1. The summed E-state index contributed by atoms with van der Waals surface area (Å²) in [6, 6.07) is 14.9. The van der Waals surface area contributed by atoms with Crippen molar-refractivity contribution in [1.82, 2.24) is 19.6 Å². The normalized spacial score (nSPS) is 21.0. The summed E-state index contributed by atoms with van der Waals surface area (Å²) < 4.78 is 34.6. The van der Waals surface area contributed by atoms with Crippen LogP contribution in [-0.2, 0) is 19.6 Å². The number of nitrogens with zero attached hydrogens (tertiary/aromatic N) is 2. The molecule has 0 spiro atoms. The third-order valence-corrected chi connectivity index (χ3v) is 9.56. The summed E-state index contributed by atoms with van der Waals surface area (Å²) in [6.07, 6.45) is 8.43. The van der Waals surface area contributed by atoms with Crippen LogP contribution in [0, 0.1) is 5.92 Å². The average molecular weight is 539 g/mol. The Kier molecular flexibility index (Phi) is 8.45. The maximum atomic E-state index is 13.5. The van der Waals surface area contributed by atoms with Gasteiger partial charge in [0, 0.05) is 37.2 Å². The third-order valence-electron chi connectivity index (χ3n) is 8.05. The molecule has 2 aliphatic rings. The minimum Gasteiger partial charge on any atom is -0.383 e. The van der Waals surface area contributed by atoms with Crippen LogP contribution in [0.4, 0.5) is 0 Å². The second-order valence-corrected chi connectivity index (χ2v) is 12.3. The van der Waals surface area contributed by atoms with Gasteiger partial charge in [0.15, 0.2) is 0 Å². The fourth-order valence-corrected chi connectivity index (χ4v) is 7.25. The number of carbonyl (C=O) groups excluding carboxylic acids is 1. The van der Waals surface area contributed by atoms with Crippen LogP contribution in [0.5, 0.6) is 0 Å². The number of nitrogens with one attached hydrogen (secondary N) is 2. The van der Waals surface area contributed by atoms with Crippen LogP contribution in [-0.4, -0.2) is 61.5 Å². The number of hydrogen-bond donors (Lipinski definition) is 2. The van der Waals surface area contributed by atoms with E-state index in [-0.39, 0.29) is 22.8 Å². The fourth-order valence-electron chi connectivity index (χ4n) is 5.92. The summed E-state index contributed by atoms with van der Waals surface area (Å²) in [6.45, 7) is 1.18. The molecule has 2 N–H and O–H groups in total. The van der Waals surface area contributed by atoms with Crippen LogP contribution in [0.25, 0.3) is 22.4 Å². The van der Waals surface area contributed by atoms with Crippen molar-refractivity contribution in [2.75, 3.05) is 20.3 Å². The van der Waals surface area contributed by atoms with Gasteiger partial charge in [0.25, 0.3) is 0 Å². The van der Waals surface area contributed by atoms with Gasteiger partial charge in [-0.15, -0.1) is 0 Å². The number of ether oxygens (including phenoxy) is 1. The number of amides is 1. The summed E-state index contributed by atoms with van der Waals surface area (Å²) in [7, 11) is -2.03. The standard InChI is InChI=1S/C29H38N4O4S/c1-37-19-18-33(24-10-6-3-7-11-24)29(34)22-12-14-23(15-13-22)32-38(35,36)25-16-17-26-27(20-25)31-28(30-26)21-8-4-2-5-9-21/h2,4-5,8-9,16-17,20,22-24,32H,3,6-7,10-15,18-19H2,1H3,(H,30,31)/t22-,23-. The predicted octanol–water partition coefficient (Wildman–Crippen LogP) is 4.87. The van der Waals surface area contributed by atoms with E-state index in [9.17, 15) is 13.2 Å². The summed E-state index contributed by atoms with van der Waals surface area (Å²) in [5.74, 6) is 0.874. The highest BCUT2D eigenvalue weighted by atomic mass is 32.2. The molecule has 0 saturated heterocycles. The van der Waals surface area contributed by atoms with Crippen LogP contribution < -0.4 is 4.72 Å². The first-order chi connectivity index (χ1) is 18.4. The van der Waals surface area contributed by atoms with Crippen molar-refractivity contribution in [3.8, 4) is 11.4 Å². The number of rotatable bonds is 9. The van der Waals surface area contributed by atoms with Gasteiger partial charge < -0.3 is 14.6 Å². The Morgan fingerprint density at radius 2 is 1.76 bits per heavy atom. The zero-order chi connectivity index (χ0) is 26.5. The minimum atomic E-state index is -3.71. The Hall–Kier alpha value is -2.75. The van der Waals surface area contributed by atoms with Crippen molar-refractivity contribution in [1.29, 1.82) is 0 Å². The molecule has 5 rings (SSSR count). The van der Waals surface area contributed by atoms with E-state index in [1.807, 2.05) is 30.3 Å². The molecule has 0 aliphatic heterocycles. The lowest BCUT2D eigenvalue weighted by Gasteiger charge is -2.38. The first-order valence-electron chi connectivity index (χ1n) is 13.8. The van der Waals surface area contributed by atoms with Gasteiger partial charge in [-0.05, 0) is 56.7 Å². The molecule has 1 amide bonds. The smallest absolute Gasteiger partial charge is 0.240 e. The van der Waals surface area contributed by atoms with E-state index >= 15 is 0 Å². The fraction of sp³-hybridized carbons (Fsp3) is 0.517. The molecule has 8 nitrogen and oxygen atoms in total. The van der Waals surface area contributed by atoms with Gasteiger partial charge >= 0.3 is 0 Å². The van der Waals surface area contributed by atoms with Gasteiger partial charge in [-0.25, -0.2) is 18.1 Å². The van der Waals surface area contributed by atoms with Crippen LogP contribution in [0.2, 0.25) is 0 Å². The molecular weight excluding hydrogens is 500 g/mol. The topological polar surface area (TPSA) is 104 Å². The third kappa shape index (κ3) is 6.11. The summed E-state index contributed by atoms with van der Waals surface area (Å²) in [4.78, 5) is 23.6. The van der Waals surface area contributed by atoms with E-state index in [1.54, 1.807) is 25.3 Å². The molecule has 0 unspecified atom stereocenters. The molecule has 2 saturated carbocycles. The average Bonchev–Trinajstić information content (AvgIpc) is 3.38. The highest BCUT2D eigenvalue weighted by Crippen LogP contribution is 2.31. The molecule has 3 aromatic rings. The first kappa shape index (κ1) is 26.8. The van der Waals surface area contributed by atoms with Gasteiger partial charge in [0.2, 0.25) is 15.9 Å². The largest absolute Gasteiger partial charge is 0.383 e. The van der Waals surface area contributed by atoms with E-state index in [0.717, 1.165) is 23.9 Å². The number of aromatic amines is 1. The Morgan fingerprint density at radius 1 is 1.03 bits per heavy atom. The van der Waals surface area contributed by atoms with Crippen molar-refractivity contribution >= 4 is 27.0 Å². The summed E-state index contributed by atoms with van der Waals surface area (Å²) in [5.41, 5.74) is 2.35. The number of aromatic nitrogens is 2. The zero-order valence-corrected chi connectivity index (χ0v) is 22.9. The first-order valence-corrected chi connectivity index (χ1v) is 15.3. The Labute approximate surface area is 225 Å². The van der Waals surface area contributed by atoms with Crippen molar-refractivity contribution in [3.63, 3.8) is 0 Å². The van der Waals surface area contributed by atoms with Gasteiger partial charge in [-0.1, -0.05) is 49.6 Å². The molecule has 1 heterocycles. The molecule has 2 aliphatic carbocycles. The number of hydrogen-bond acceptors (Lipinski definition) is 5. The molecule has 38 heavy (non-hydrogen) atoms. The molecule has 2 aromatic carbocycles. The summed E-state index contributed by atoms with van der Waals surface area (Å²) in [5, 5.41) is 0. The molecule has 1 aromatic heterocycles. The lowest BCUT2D eigenvalue weighted by atomic mass is 9.84. The molecule has 2 fully saturated rings. The van der Waals surface area contributed by atoms with Crippen molar-refractivity contribution < 1.29 is 17.9 Å². The Morgan fingerprint density at radius 3 is 2.47 bits per heavy atom. The van der Waals surface area contributed by atoms with Gasteiger partial charge in [-0.2, -0.15) is 0 Å². The van der Waals surface area contributed by atoms with E-state index in [1.165, 1.54) is 19.3 Å². The molecule has 0 bridgehead atoms. The molecule has 9 heteroatoms. The predicted molar refractivity (Wildman–Crippen MR) is 148 cm³/mol. The maximum absolute atomic E-state index is 13.5. The lowest BCUT2D eigenvalue weighted by molar-refractivity contribution is -0.140. The molecule has 0 radical (unpaired) electrons.